The van der Waals surface area contributed by atoms with Crippen molar-refractivity contribution < 1.29 is 28.9 Å². The number of aliphatic carboxylic acids is 1. The average Bonchev–Trinajstić information content (AvgIpc) is 2.99. The van der Waals surface area contributed by atoms with Crippen LogP contribution in [0.5, 0.6) is 5.75 Å². The number of nitrogens with zero attached hydrogens (tertiary/aromatic N) is 3. The summed E-state index contributed by atoms with van der Waals surface area (Å²) in [5.74, 6) is -2.20. The van der Waals surface area contributed by atoms with Crippen molar-refractivity contribution in [3.05, 3.63) is 33.9 Å². The lowest BCUT2D eigenvalue weighted by atomic mass is 10.0. The minimum atomic E-state index is -1.32. The Hall–Kier alpha value is -3.14. The van der Waals surface area contributed by atoms with Gasteiger partial charge in [-0.3, -0.25) is 9.59 Å². The molecule has 0 unspecified atom stereocenters. The highest BCUT2D eigenvalue weighted by atomic mass is 19.1. The zero-order chi connectivity index (χ0) is 32.1. The maximum Gasteiger partial charge on any atom is 0.341 e. The smallest absolute Gasteiger partial charge is 0.341 e. The topological polar surface area (TPSA) is 112 Å². The molecule has 1 saturated heterocycles. The number of ether oxygens (including phenoxy) is 1. The van der Waals surface area contributed by atoms with Crippen LogP contribution in [0.15, 0.2) is 17.1 Å². The van der Waals surface area contributed by atoms with Crippen LogP contribution in [-0.2, 0) is 4.79 Å². The van der Waals surface area contributed by atoms with E-state index in [-0.39, 0.29) is 23.6 Å². The van der Waals surface area contributed by atoms with Gasteiger partial charge in [-0.1, -0.05) is 84.0 Å². The summed E-state index contributed by atoms with van der Waals surface area (Å²) in [4.78, 5) is 38.4. The van der Waals surface area contributed by atoms with Crippen LogP contribution in [0.3, 0.4) is 0 Å². The van der Waals surface area contributed by atoms with Gasteiger partial charge >= 0.3 is 11.9 Å². The number of aromatic nitrogens is 1. The second-order valence-corrected chi connectivity index (χ2v) is 12.4. The molecule has 3 heterocycles. The van der Waals surface area contributed by atoms with E-state index in [1.165, 1.54) is 76.8 Å². The van der Waals surface area contributed by atoms with Crippen LogP contribution >= 0.6 is 0 Å². The van der Waals surface area contributed by atoms with Gasteiger partial charge < -0.3 is 29.3 Å². The first-order valence-electron chi connectivity index (χ1n) is 16.6. The fourth-order valence-corrected chi connectivity index (χ4v) is 5.98. The molecule has 4 rings (SSSR count). The van der Waals surface area contributed by atoms with Gasteiger partial charge in [0.15, 0.2) is 11.6 Å². The summed E-state index contributed by atoms with van der Waals surface area (Å²) in [6.45, 7) is 7.34. The second kappa shape index (κ2) is 18.0. The lowest BCUT2D eigenvalue weighted by molar-refractivity contribution is -0.137. The zero-order valence-electron chi connectivity index (χ0n) is 26.9. The third kappa shape index (κ3) is 9.94. The van der Waals surface area contributed by atoms with Crippen molar-refractivity contribution in [2.45, 2.75) is 110 Å². The highest BCUT2D eigenvalue weighted by Crippen LogP contribution is 2.42. The number of rotatable bonds is 16. The second-order valence-electron chi connectivity index (χ2n) is 12.4. The number of piperazine rings is 1. The Morgan fingerprint density at radius 1 is 0.909 bits per heavy atom. The monoisotopic (exact) mass is 617 g/mol. The highest BCUT2D eigenvalue weighted by Gasteiger charge is 2.30. The van der Waals surface area contributed by atoms with Crippen molar-refractivity contribution in [2.24, 2.45) is 0 Å². The first-order chi connectivity index (χ1) is 21.1. The minimum absolute atomic E-state index is 0.0434. The summed E-state index contributed by atoms with van der Waals surface area (Å²) in [6, 6.07) is 0.994. The van der Waals surface area contributed by atoms with Crippen molar-refractivity contribution in [1.29, 1.82) is 0 Å². The van der Waals surface area contributed by atoms with Crippen molar-refractivity contribution >= 4 is 28.5 Å². The van der Waals surface area contributed by atoms with Gasteiger partial charge in [0.2, 0.25) is 5.43 Å². The van der Waals surface area contributed by atoms with Crippen LogP contribution in [0.1, 0.15) is 120 Å². The number of halogens is 1. The van der Waals surface area contributed by atoms with Crippen molar-refractivity contribution in [3.63, 3.8) is 0 Å². The van der Waals surface area contributed by atoms with Crippen molar-refractivity contribution in [1.82, 2.24) is 9.47 Å². The molecule has 2 aliphatic heterocycles. The molecule has 44 heavy (non-hydrogen) atoms. The summed E-state index contributed by atoms with van der Waals surface area (Å²) < 4.78 is 22.6. The number of carboxylic acids is 2. The van der Waals surface area contributed by atoms with Gasteiger partial charge in [-0.05, 0) is 26.5 Å². The molecular formula is C34H52FN3O6. The zero-order valence-corrected chi connectivity index (χ0v) is 26.9. The summed E-state index contributed by atoms with van der Waals surface area (Å²) >= 11 is 0. The van der Waals surface area contributed by atoms with Gasteiger partial charge in [0.05, 0.1) is 16.9 Å². The number of hydrogen-bond acceptors (Lipinski definition) is 6. The molecule has 0 bridgehead atoms. The fourth-order valence-electron chi connectivity index (χ4n) is 5.98. The normalized spacial score (nSPS) is 16.4. The molecule has 0 amide bonds. The third-order valence-corrected chi connectivity index (χ3v) is 8.69. The molecule has 2 aliphatic rings. The van der Waals surface area contributed by atoms with Gasteiger partial charge in [0.25, 0.3) is 0 Å². The number of pyridine rings is 1. The molecule has 0 spiro atoms. The van der Waals surface area contributed by atoms with Gasteiger partial charge in [0, 0.05) is 38.8 Å². The summed E-state index contributed by atoms with van der Waals surface area (Å²) in [7, 11) is 2.02. The fraction of sp³-hybridized carbons (Fsp3) is 0.676. The third-order valence-electron chi connectivity index (χ3n) is 8.69. The Balaban J connectivity index is 0.000000260. The van der Waals surface area contributed by atoms with Gasteiger partial charge in [-0.2, -0.15) is 0 Å². The predicted octanol–water partition coefficient (Wildman–Crippen LogP) is 7.10. The Kier molecular flexibility index (Phi) is 14.4. The number of hydrogen-bond donors (Lipinski definition) is 2. The lowest BCUT2D eigenvalue weighted by Crippen LogP contribution is -2.45. The van der Waals surface area contributed by atoms with Crippen LogP contribution in [0.25, 0.3) is 10.9 Å². The van der Waals surface area contributed by atoms with E-state index >= 15 is 0 Å². The summed E-state index contributed by atoms with van der Waals surface area (Å²) in [6.07, 6.45) is 18.6. The molecule has 0 aliphatic carbocycles. The van der Waals surface area contributed by atoms with E-state index in [9.17, 15) is 23.9 Å². The van der Waals surface area contributed by atoms with Crippen LogP contribution in [0, 0.1) is 5.82 Å². The molecule has 1 aromatic carbocycles. The molecule has 2 aromatic rings. The quantitative estimate of drug-likeness (QED) is 0.192. The Bertz CT molecular complexity index is 1290. The molecule has 0 radical (unpaired) electrons. The van der Waals surface area contributed by atoms with E-state index < -0.39 is 23.2 Å². The Morgan fingerprint density at radius 2 is 1.45 bits per heavy atom. The van der Waals surface area contributed by atoms with E-state index in [4.69, 9.17) is 9.84 Å². The molecule has 1 aromatic heterocycles. The first-order valence-corrected chi connectivity index (χ1v) is 16.6. The number of anilines is 1. The number of likely N-dealkylation sites (N-methyl/N-ethyl adjacent to an activating group) is 1. The standard InChI is InChI=1S/C18H20FN3O4.C16H32O2/c1-10-9-26-17-14-11(16(23)12(18(24)25)8-22(10)14)7-13(19)15(17)21-5-3-20(2)4-6-21;1-2-3-4-5-6-7-8-9-10-11-12-13-14-15-16(17)18/h7-8,10H,3-6,9H2,1-2H3,(H,24,25);2-15H2,1H3,(H,17,18)/t10-;/m0./s1. The lowest BCUT2D eigenvalue weighted by Gasteiger charge is -2.37. The largest absolute Gasteiger partial charge is 0.487 e. The average molecular weight is 618 g/mol. The molecular weight excluding hydrogens is 565 g/mol. The molecule has 10 heteroatoms. The number of carbonyl (C=O) groups is 2. The van der Waals surface area contributed by atoms with Gasteiger partial charge in [-0.25, -0.2) is 9.18 Å². The number of aromatic carboxylic acids is 1. The molecule has 246 valence electrons. The number of benzene rings is 1. The van der Waals surface area contributed by atoms with E-state index in [2.05, 4.69) is 11.8 Å². The van der Waals surface area contributed by atoms with Crippen LogP contribution in [-0.4, -0.2) is 71.5 Å². The Morgan fingerprint density at radius 3 is 1.98 bits per heavy atom. The minimum Gasteiger partial charge on any atom is -0.487 e. The van der Waals surface area contributed by atoms with E-state index in [1.807, 2.05) is 18.9 Å². The number of unbranched alkanes of at least 4 members (excludes halogenated alkanes) is 12. The van der Waals surface area contributed by atoms with Crippen LogP contribution in [0.4, 0.5) is 10.1 Å². The summed E-state index contributed by atoms with van der Waals surface area (Å²) in [5.41, 5.74) is -0.224. The molecule has 0 saturated carbocycles. The Labute approximate surface area is 261 Å². The van der Waals surface area contributed by atoms with Gasteiger partial charge in [0.1, 0.15) is 17.9 Å². The SMILES string of the molecule is CCCCCCCCCCCCCCCC(=O)O.C[C@H]1COc2c(N3CCN(C)CC3)c(F)cc3c(=O)c(C(=O)O)cn1c23. The molecule has 1 atom stereocenters. The van der Waals surface area contributed by atoms with E-state index in [0.29, 0.717) is 36.5 Å². The van der Waals surface area contributed by atoms with Crippen molar-refractivity contribution in [2.75, 3.05) is 44.7 Å². The maximum atomic E-state index is 15.0. The molecule has 9 nitrogen and oxygen atoms in total. The van der Waals surface area contributed by atoms with Gasteiger partial charge in [-0.15, -0.1) is 0 Å². The molecule has 1 fully saturated rings. The maximum absolute atomic E-state index is 15.0. The molecule has 2 N–H and O–H groups in total. The van der Waals surface area contributed by atoms with Crippen LogP contribution in [0.2, 0.25) is 0 Å². The highest BCUT2D eigenvalue weighted by molar-refractivity contribution is 5.97. The first kappa shape index (κ1) is 35.3. The van der Waals surface area contributed by atoms with E-state index in [0.717, 1.165) is 32.0 Å². The van der Waals surface area contributed by atoms with Crippen molar-refractivity contribution in [3.8, 4) is 5.75 Å². The predicted molar refractivity (Wildman–Crippen MR) is 173 cm³/mol. The van der Waals surface area contributed by atoms with Crippen LogP contribution < -0.4 is 15.1 Å². The number of carboxylic acid groups (broad SMARTS) is 2. The van der Waals surface area contributed by atoms with E-state index in [1.54, 1.807) is 4.57 Å². The summed E-state index contributed by atoms with van der Waals surface area (Å²) in [5, 5.41) is 17.9.